The van der Waals surface area contributed by atoms with Crippen molar-refractivity contribution in [2.24, 2.45) is 5.41 Å². The predicted molar refractivity (Wildman–Crippen MR) is 60.3 cm³/mol. The molecule has 0 aromatic rings. The molecule has 0 spiro atoms. The molecule has 16 heavy (non-hydrogen) atoms. The lowest BCUT2D eigenvalue weighted by atomic mass is 9.94. The van der Waals surface area contributed by atoms with E-state index in [1.165, 1.54) is 4.90 Å². The van der Waals surface area contributed by atoms with Crippen LogP contribution in [0.3, 0.4) is 0 Å². The number of nitrogens with one attached hydrogen (secondary N) is 1. The number of hydrogen-bond acceptors (Lipinski definition) is 3. The van der Waals surface area contributed by atoms with Gasteiger partial charge in [-0.15, -0.1) is 0 Å². The number of rotatable bonds is 5. The highest BCUT2D eigenvalue weighted by atomic mass is 16.2. The van der Waals surface area contributed by atoms with E-state index in [9.17, 15) is 9.59 Å². The van der Waals surface area contributed by atoms with Crippen LogP contribution in [0.15, 0.2) is 0 Å². The number of carbonyl (C=O) groups is 2. The van der Waals surface area contributed by atoms with Gasteiger partial charge in [0.05, 0.1) is 12.6 Å². The summed E-state index contributed by atoms with van der Waals surface area (Å²) in [5.41, 5.74) is -1.08. The van der Waals surface area contributed by atoms with Gasteiger partial charge in [-0.25, -0.2) is 0 Å². The zero-order chi connectivity index (χ0) is 12.8. The fourth-order valence-corrected chi connectivity index (χ4v) is 1.20. The van der Waals surface area contributed by atoms with Crippen LogP contribution in [-0.2, 0) is 9.59 Å². The smallest absolute Gasteiger partial charge is 0.242 e. The van der Waals surface area contributed by atoms with E-state index in [-0.39, 0.29) is 18.4 Å². The van der Waals surface area contributed by atoms with Gasteiger partial charge >= 0.3 is 0 Å². The van der Waals surface area contributed by atoms with Crippen molar-refractivity contribution in [3.05, 3.63) is 0 Å². The van der Waals surface area contributed by atoms with Crippen LogP contribution in [0.1, 0.15) is 27.7 Å². The van der Waals surface area contributed by atoms with Crippen molar-refractivity contribution in [1.29, 1.82) is 5.26 Å². The van der Waals surface area contributed by atoms with Crippen LogP contribution < -0.4 is 5.32 Å². The maximum atomic E-state index is 11.9. The Bertz CT molecular complexity index is 305. The van der Waals surface area contributed by atoms with Crippen LogP contribution in [0.4, 0.5) is 0 Å². The highest BCUT2D eigenvalue weighted by Gasteiger charge is 2.32. The summed E-state index contributed by atoms with van der Waals surface area (Å²) in [5.74, 6) is -0.518. The Morgan fingerprint density at radius 2 is 1.94 bits per heavy atom. The molecule has 0 heterocycles. The van der Waals surface area contributed by atoms with Crippen LogP contribution in [0.25, 0.3) is 0 Å². The SMILES string of the molecule is CCNC(=O)CN(CC)C(=O)C(C)(C)C#N. The molecule has 90 valence electrons. The monoisotopic (exact) mass is 225 g/mol. The van der Waals surface area contributed by atoms with Gasteiger partial charge in [-0.05, 0) is 27.7 Å². The lowest BCUT2D eigenvalue weighted by Gasteiger charge is -2.26. The number of nitriles is 1. The van der Waals surface area contributed by atoms with E-state index >= 15 is 0 Å². The molecule has 0 saturated carbocycles. The van der Waals surface area contributed by atoms with Crippen molar-refractivity contribution in [2.75, 3.05) is 19.6 Å². The quantitative estimate of drug-likeness (QED) is 0.741. The first-order valence-corrected chi connectivity index (χ1v) is 5.36. The normalized spacial score (nSPS) is 10.4. The van der Waals surface area contributed by atoms with Gasteiger partial charge in [0.15, 0.2) is 0 Å². The minimum Gasteiger partial charge on any atom is -0.355 e. The van der Waals surface area contributed by atoms with Gasteiger partial charge in [0.25, 0.3) is 0 Å². The summed E-state index contributed by atoms with van der Waals surface area (Å²) in [4.78, 5) is 24.6. The highest BCUT2D eigenvalue weighted by Crippen LogP contribution is 2.16. The number of hydrogen-bond donors (Lipinski definition) is 1. The Balaban J connectivity index is 4.58. The second-order valence-corrected chi connectivity index (χ2v) is 4.01. The molecule has 0 rings (SSSR count). The van der Waals surface area contributed by atoms with Crippen LogP contribution in [0.2, 0.25) is 0 Å². The Hall–Kier alpha value is -1.57. The summed E-state index contributed by atoms with van der Waals surface area (Å²) < 4.78 is 0. The van der Waals surface area contributed by atoms with Crippen molar-refractivity contribution >= 4 is 11.8 Å². The van der Waals surface area contributed by atoms with Gasteiger partial charge in [0.1, 0.15) is 5.41 Å². The molecule has 2 amide bonds. The molecule has 0 aromatic heterocycles. The molecular weight excluding hydrogens is 206 g/mol. The summed E-state index contributed by atoms with van der Waals surface area (Å²) in [6.07, 6.45) is 0. The van der Waals surface area contributed by atoms with Crippen LogP contribution >= 0.6 is 0 Å². The van der Waals surface area contributed by atoms with E-state index < -0.39 is 5.41 Å². The minimum absolute atomic E-state index is 0.00822. The van der Waals surface area contributed by atoms with Gasteiger partial charge in [0, 0.05) is 13.1 Å². The fraction of sp³-hybridized carbons (Fsp3) is 0.727. The van der Waals surface area contributed by atoms with Crippen molar-refractivity contribution < 1.29 is 9.59 Å². The Labute approximate surface area is 96.4 Å². The Morgan fingerprint density at radius 1 is 1.38 bits per heavy atom. The maximum absolute atomic E-state index is 11.9. The highest BCUT2D eigenvalue weighted by molar-refractivity contribution is 5.89. The predicted octanol–water partition coefficient (Wildman–Crippen LogP) is 0.521. The third-order valence-corrected chi connectivity index (χ3v) is 2.19. The topological polar surface area (TPSA) is 73.2 Å². The lowest BCUT2D eigenvalue weighted by Crippen LogP contribution is -2.45. The number of amides is 2. The van der Waals surface area contributed by atoms with Gasteiger partial charge in [-0.2, -0.15) is 5.26 Å². The molecule has 5 nitrogen and oxygen atoms in total. The molecule has 1 N–H and O–H groups in total. The maximum Gasteiger partial charge on any atom is 0.242 e. The summed E-state index contributed by atoms with van der Waals surface area (Å²) in [7, 11) is 0. The van der Waals surface area contributed by atoms with Crippen LogP contribution in [0.5, 0.6) is 0 Å². The minimum atomic E-state index is -1.08. The second kappa shape index (κ2) is 6.11. The first kappa shape index (κ1) is 14.4. The molecule has 0 aliphatic heterocycles. The molecule has 0 atom stereocenters. The largest absolute Gasteiger partial charge is 0.355 e. The summed E-state index contributed by atoms with van der Waals surface area (Å²) in [6.45, 7) is 7.66. The fourth-order valence-electron chi connectivity index (χ4n) is 1.20. The van der Waals surface area contributed by atoms with Crippen molar-refractivity contribution in [2.45, 2.75) is 27.7 Å². The Morgan fingerprint density at radius 3 is 2.31 bits per heavy atom. The summed E-state index contributed by atoms with van der Waals surface area (Å²) in [5, 5.41) is 11.5. The third kappa shape index (κ3) is 3.89. The molecular formula is C11H19N3O2. The summed E-state index contributed by atoms with van der Waals surface area (Å²) >= 11 is 0. The van der Waals surface area contributed by atoms with Gasteiger partial charge in [0.2, 0.25) is 11.8 Å². The number of carbonyl (C=O) groups excluding carboxylic acids is 2. The molecule has 0 aromatic carbocycles. The standard InChI is InChI=1S/C11H19N3O2/c1-5-13-9(15)7-14(6-2)10(16)11(3,4)8-12/h5-7H2,1-4H3,(H,13,15). The molecule has 0 aliphatic rings. The van der Waals surface area contributed by atoms with E-state index in [4.69, 9.17) is 5.26 Å². The zero-order valence-corrected chi connectivity index (χ0v) is 10.3. The molecule has 5 heteroatoms. The van der Waals surface area contributed by atoms with E-state index in [0.717, 1.165) is 0 Å². The Kier molecular flexibility index (Phi) is 5.51. The van der Waals surface area contributed by atoms with E-state index in [2.05, 4.69) is 5.32 Å². The first-order valence-electron chi connectivity index (χ1n) is 5.36. The molecule has 0 radical (unpaired) electrons. The van der Waals surface area contributed by atoms with Gasteiger partial charge < -0.3 is 10.2 Å². The number of likely N-dealkylation sites (N-methyl/N-ethyl adjacent to an activating group) is 2. The molecule has 0 fully saturated rings. The van der Waals surface area contributed by atoms with E-state index in [1.807, 2.05) is 13.0 Å². The van der Waals surface area contributed by atoms with Gasteiger partial charge in [-0.3, -0.25) is 9.59 Å². The van der Waals surface area contributed by atoms with Crippen molar-refractivity contribution in [1.82, 2.24) is 10.2 Å². The molecule has 0 unspecified atom stereocenters. The van der Waals surface area contributed by atoms with E-state index in [0.29, 0.717) is 13.1 Å². The lowest BCUT2D eigenvalue weighted by molar-refractivity contribution is -0.140. The molecule has 0 saturated heterocycles. The first-order chi connectivity index (χ1) is 7.38. The number of nitrogens with zero attached hydrogens (tertiary/aromatic N) is 2. The average molecular weight is 225 g/mol. The molecule has 0 bridgehead atoms. The van der Waals surface area contributed by atoms with Gasteiger partial charge in [-0.1, -0.05) is 0 Å². The third-order valence-electron chi connectivity index (χ3n) is 2.19. The second-order valence-electron chi connectivity index (χ2n) is 4.01. The van der Waals surface area contributed by atoms with Crippen molar-refractivity contribution in [3.63, 3.8) is 0 Å². The summed E-state index contributed by atoms with van der Waals surface area (Å²) in [6, 6.07) is 1.94. The van der Waals surface area contributed by atoms with Crippen LogP contribution in [0, 0.1) is 16.7 Å². The van der Waals surface area contributed by atoms with E-state index in [1.54, 1.807) is 20.8 Å². The average Bonchev–Trinajstić information content (AvgIpc) is 2.25. The van der Waals surface area contributed by atoms with Crippen molar-refractivity contribution in [3.8, 4) is 6.07 Å². The van der Waals surface area contributed by atoms with Crippen LogP contribution in [-0.4, -0.2) is 36.3 Å². The molecule has 0 aliphatic carbocycles. The zero-order valence-electron chi connectivity index (χ0n) is 10.3.